The van der Waals surface area contributed by atoms with Crippen molar-refractivity contribution >= 4 is 11.6 Å². The second-order valence-corrected chi connectivity index (χ2v) is 4.63. The number of rotatable bonds is 6. The van der Waals surface area contributed by atoms with E-state index in [0.717, 1.165) is 17.9 Å². The summed E-state index contributed by atoms with van der Waals surface area (Å²) in [4.78, 5) is 8.63. The first-order valence-electron chi connectivity index (χ1n) is 6.04. The van der Waals surface area contributed by atoms with Crippen molar-refractivity contribution in [2.24, 2.45) is 0 Å². The first kappa shape index (κ1) is 14.7. The lowest BCUT2D eigenvalue weighted by Crippen LogP contribution is -2.43. The van der Waals surface area contributed by atoms with Crippen LogP contribution in [0.15, 0.2) is 0 Å². The molecule has 0 amide bonds. The van der Waals surface area contributed by atoms with E-state index in [1.165, 1.54) is 0 Å². The van der Waals surface area contributed by atoms with E-state index in [1.54, 1.807) is 13.8 Å². The fourth-order valence-corrected chi connectivity index (χ4v) is 1.50. The summed E-state index contributed by atoms with van der Waals surface area (Å²) in [5.41, 5.74) is 0.0743. The molecule has 0 aliphatic heterocycles. The fourth-order valence-electron chi connectivity index (χ4n) is 1.50. The Balaban J connectivity index is 3.08. The van der Waals surface area contributed by atoms with Gasteiger partial charge in [0.25, 0.3) is 0 Å². The molecule has 102 valence electrons. The second kappa shape index (κ2) is 5.97. The lowest BCUT2D eigenvalue weighted by Gasteiger charge is -2.28. The van der Waals surface area contributed by atoms with Gasteiger partial charge in [-0.25, -0.2) is 9.97 Å². The Labute approximate surface area is 107 Å². The van der Waals surface area contributed by atoms with Crippen molar-refractivity contribution in [2.75, 3.05) is 30.4 Å². The quantitative estimate of drug-likeness (QED) is 0.597. The van der Waals surface area contributed by atoms with E-state index < -0.39 is 5.54 Å². The Kier molecular flexibility index (Phi) is 4.86. The average molecular weight is 254 g/mol. The van der Waals surface area contributed by atoms with Crippen LogP contribution in [0.25, 0.3) is 0 Å². The summed E-state index contributed by atoms with van der Waals surface area (Å²) in [6.07, 6.45) is 0. The van der Waals surface area contributed by atoms with Gasteiger partial charge >= 0.3 is 0 Å². The Morgan fingerprint density at radius 2 is 1.67 bits per heavy atom. The Bertz CT molecular complexity index is 405. The zero-order valence-electron chi connectivity index (χ0n) is 11.4. The number of anilines is 2. The van der Waals surface area contributed by atoms with Crippen molar-refractivity contribution in [3.05, 3.63) is 11.4 Å². The normalized spacial score (nSPS) is 11.4. The molecule has 1 heterocycles. The van der Waals surface area contributed by atoms with Crippen molar-refractivity contribution in [3.8, 4) is 0 Å². The molecule has 6 nitrogen and oxygen atoms in total. The number of hydrogen-bond donors (Lipinski definition) is 4. The Morgan fingerprint density at radius 3 is 2.17 bits per heavy atom. The summed E-state index contributed by atoms with van der Waals surface area (Å²) in [5, 5.41) is 24.8. The molecule has 1 rings (SSSR count). The van der Waals surface area contributed by atoms with Crippen LogP contribution in [0.2, 0.25) is 0 Å². The first-order chi connectivity index (χ1) is 8.45. The Hall–Kier alpha value is -1.40. The molecule has 6 heteroatoms. The highest BCUT2D eigenvalue weighted by Gasteiger charge is 2.24. The van der Waals surface area contributed by atoms with Crippen LogP contribution in [0, 0.1) is 13.8 Å². The minimum atomic E-state index is -0.797. The largest absolute Gasteiger partial charge is 0.394 e. The highest BCUT2D eigenvalue weighted by Crippen LogP contribution is 2.22. The van der Waals surface area contributed by atoms with Gasteiger partial charge in [0, 0.05) is 12.1 Å². The van der Waals surface area contributed by atoms with Gasteiger partial charge in [0.15, 0.2) is 0 Å². The highest BCUT2D eigenvalue weighted by molar-refractivity contribution is 5.58. The first-order valence-corrected chi connectivity index (χ1v) is 6.04. The smallest absolute Gasteiger partial charge is 0.135 e. The minimum absolute atomic E-state index is 0.178. The van der Waals surface area contributed by atoms with Gasteiger partial charge in [0.05, 0.1) is 18.8 Å². The van der Waals surface area contributed by atoms with Crippen LogP contribution in [0.3, 0.4) is 0 Å². The zero-order valence-corrected chi connectivity index (χ0v) is 11.4. The topological polar surface area (TPSA) is 90.3 Å². The van der Waals surface area contributed by atoms with Gasteiger partial charge in [-0.3, -0.25) is 0 Å². The number of nitrogens with zero attached hydrogens (tertiary/aromatic N) is 2. The van der Waals surface area contributed by atoms with Crippen molar-refractivity contribution in [2.45, 2.75) is 33.2 Å². The van der Waals surface area contributed by atoms with Crippen LogP contribution in [0.1, 0.15) is 25.2 Å². The molecule has 0 spiro atoms. The van der Waals surface area contributed by atoms with Crippen LogP contribution in [-0.2, 0) is 0 Å². The number of aromatic nitrogens is 2. The summed E-state index contributed by atoms with van der Waals surface area (Å²) in [6, 6.07) is 0. The third-order valence-corrected chi connectivity index (χ3v) is 2.72. The summed E-state index contributed by atoms with van der Waals surface area (Å²) >= 11 is 0. The van der Waals surface area contributed by atoms with Crippen LogP contribution in [-0.4, -0.2) is 45.5 Å². The maximum atomic E-state index is 9.30. The molecule has 0 aliphatic carbocycles. The molecule has 0 fully saturated rings. The molecule has 0 saturated heterocycles. The summed E-state index contributed by atoms with van der Waals surface area (Å²) < 4.78 is 0. The van der Waals surface area contributed by atoms with E-state index in [-0.39, 0.29) is 13.2 Å². The third kappa shape index (κ3) is 3.30. The third-order valence-electron chi connectivity index (χ3n) is 2.72. The van der Waals surface area contributed by atoms with Crippen molar-refractivity contribution in [1.82, 2.24) is 9.97 Å². The molecule has 0 bridgehead atoms. The van der Waals surface area contributed by atoms with Crippen molar-refractivity contribution in [1.29, 1.82) is 0 Å². The minimum Gasteiger partial charge on any atom is -0.394 e. The molecule has 0 aliphatic rings. The molecular weight excluding hydrogens is 232 g/mol. The van der Waals surface area contributed by atoms with Crippen LogP contribution in [0.5, 0.6) is 0 Å². The van der Waals surface area contributed by atoms with Gasteiger partial charge < -0.3 is 20.8 Å². The predicted octanol–water partition coefficient (Wildman–Crippen LogP) is 0.680. The summed E-state index contributed by atoms with van der Waals surface area (Å²) in [7, 11) is 0. The molecule has 0 atom stereocenters. The van der Waals surface area contributed by atoms with E-state index in [9.17, 15) is 10.2 Å². The maximum Gasteiger partial charge on any atom is 0.135 e. The molecule has 4 N–H and O–H groups in total. The number of aliphatic hydroxyl groups excluding tert-OH is 2. The van der Waals surface area contributed by atoms with E-state index >= 15 is 0 Å². The molecule has 1 aromatic rings. The standard InChI is InChI=1S/C12H22N4O2/c1-5-13-10-8(2)11(15-9(3)14-10)16-12(4,6-17)7-18/h17-18H,5-7H2,1-4H3,(H2,13,14,15,16). The van der Waals surface area contributed by atoms with Crippen LogP contribution >= 0.6 is 0 Å². The predicted molar refractivity (Wildman–Crippen MR) is 71.9 cm³/mol. The lowest BCUT2D eigenvalue weighted by atomic mass is 10.1. The average Bonchev–Trinajstić information content (AvgIpc) is 2.35. The number of aryl methyl sites for hydroxylation is 1. The number of aliphatic hydroxyl groups is 2. The van der Waals surface area contributed by atoms with E-state index in [2.05, 4.69) is 20.6 Å². The molecule has 0 saturated carbocycles. The fraction of sp³-hybridized carbons (Fsp3) is 0.667. The molecule has 0 aromatic carbocycles. The lowest BCUT2D eigenvalue weighted by molar-refractivity contribution is 0.147. The van der Waals surface area contributed by atoms with Gasteiger partial charge in [-0.1, -0.05) is 0 Å². The van der Waals surface area contributed by atoms with Crippen LogP contribution < -0.4 is 10.6 Å². The molecular formula is C12H22N4O2. The molecule has 0 radical (unpaired) electrons. The van der Waals surface area contributed by atoms with Gasteiger partial charge in [0.2, 0.25) is 0 Å². The maximum absolute atomic E-state index is 9.30. The van der Waals surface area contributed by atoms with Gasteiger partial charge in [-0.05, 0) is 27.7 Å². The number of nitrogens with one attached hydrogen (secondary N) is 2. The van der Waals surface area contributed by atoms with Gasteiger partial charge in [-0.2, -0.15) is 0 Å². The summed E-state index contributed by atoms with van der Waals surface area (Å²) in [6.45, 7) is 7.85. The SMILES string of the molecule is CCNc1nc(C)nc(NC(C)(CO)CO)c1C. The molecule has 18 heavy (non-hydrogen) atoms. The summed E-state index contributed by atoms with van der Waals surface area (Å²) in [5.74, 6) is 2.03. The van der Waals surface area contributed by atoms with Crippen LogP contribution in [0.4, 0.5) is 11.6 Å². The monoisotopic (exact) mass is 254 g/mol. The zero-order chi connectivity index (χ0) is 13.8. The highest BCUT2D eigenvalue weighted by atomic mass is 16.3. The van der Waals surface area contributed by atoms with Gasteiger partial charge in [-0.15, -0.1) is 0 Å². The number of hydrogen-bond acceptors (Lipinski definition) is 6. The van der Waals surface area contributed by atoms with Crippen molar-refractivity contribution in [3.63, 3.8) is 0 Å². The molecule has 1 aromatic heterocycles. The van der Waals surface area contributed by atoms with E-state index in [4.69, 9.17) is 0 Å². The van der Waals surface area contributed by atoms with E-state index in [1.807, 2.05) is 13.8 Å². The van der Waals surface area contributed by atoms with Gasteiger partial charge in [0.1, 0.15) is 17.5 Å². The Morgan fingerprint density at radius 1 is 1.11 bits per heavy atom. The second-order valence-electron chi connectivity index (χ2n) is 4.63. The van der Waals surface area contributed by atoms with E-state index in [0.29, 0.717) is 11.6 Å². The molecule has 0 unspecified atom stereocenters. The van der Waals surface area contributed by atoms with Crippen molar-refractivity contribution < 1.29 is 10.2 Å².